The topological polar surface area (TPSA) is 26.7 Å². The van der Waals surface area contributed by atoms with E-state index in [0.717, 1.165) is 19.6 Å². The smallest absolute Gasteiger partial charge is 0.115 e. The van der Waals surface area contributed by atoms with Gasteiger partial charge in [-0.25, -0.2) is 0 Å². The molecule has 0 saturated carbocycles. The van der Waals surface area contributed by atoms with Crippen molar-refractivity contribution in [3.63, 3.8) is 0 Å². The number of aromatic hydroxyl groups is 1. The Hall–Kier alpha value is -1.06. The van der Waals surface area contributed by atoms with Gasteiger partial charge in [0.25, 0.3) is 0 Å². The van der Waals surface area contributed by atoms with E-state index in [4.69, 9.17) is 0 Å². The maximum atomic E-state index is 9.30. The highest BCUT2D eigenvalue weighted by molar-refractivity contribution is 5.27. The number of nitrogens with zero attached hydrogens (tertiary/aromatic N) is 2. The van der Waals surface area contributed by atoms with Crippen molar-refractivity contribution in [2.45, 2.75) is 19.9 Å². The number of likely N-dealkylation sites (N-methyl/N-ethyl adjacent to an activating group) is 1. The lowest BCUT2D eigenvalue weighted by atomic mass is 10.1. The Morgan fingerprint density at radius 1 is 1.12 bits per heavy atom. The van der Waals surface area contributed by atoms with Gasteiger partial charge in [0, 0.05) is 32.2 Å². The van der Waals surface area contributed by atoms with Crippen molar-refractivity contribution >= 4 is 0 Å². The van der Waals surface area contributed by atoms with Crippen LogP contribution in [0.15, 0.2) is 24.3 Å². The average Bonchev–Trinajstić information content (AvgIpc) is 2.39. The largest absolute Gasteiger partial charge is 0.508 e. The van der Waals surface area contributed by atoms with Crippen molar-refractivity contribution in [3.05, 3.63) is 29.8 Å². The molecule has 1 aliphatic rings. The van der Waals surface area contributed by atoms with Gasteiger partial charge in [0.05, 0.1) is 0 Å². The van der Waals surface area contributed by atoms with Crippen LogP contribution in [-0.4, -0.2) is 47.6 Å². The maximum absolute atomic E-state index is 9.30. The van der Waals surface area contributed by atoms with Gasteiger partial charge < -0.3 is 10.0 Å². The van der Waals surface area contributed by atoms with Gasteiger partial charge in [-0.05, 0) is 31.2 Å². The van der Waals surface area contributed by atoms with Crippen LogP contribution in [0.5, 0.6) is 5.75 Å². The fourth-order valence-electron chi connectivity index (χ4n) is 2.43. The van der Waals surface area contributed by atoms with Gasteiger partial charge >= 0.3 is 0 Å². The normalized spacial score (nSPS) is 20.4. The molecule has 1 aliphatic heterocycles. The van der Waals surface area contributed by atoms with E-state index in [2.05, 4.69) is 23.6 Å². The highest BCUT2D eigenvalue weighted by atomic mass is 16.3. The number of hydrogen-bond acceptors (Lipinski definition) is 3. The predicted octanol–water partition coefficient (Wildman–Crippen LogP) is 2.09. The van der Waals surface area contributed by atoms with Crippen LogP contribution in [-0.2, 0) is 0 Å². The first-order valence-electron chi connectivity index (χ1n) is 6.46. The second kappa shape index (κ2) is 5.52. The molecule has 3 nitrogen and oxygen atoms in total. The number of benzene rings is 1. The first-order valence-corrected chi connectivity index (χ1v) is 6.46. The van der Waals surface area contributed by atoms with Gasteiger partial charge in [-0.1, -0.05) is 19.1 Å². The molecule has 1 atom stereocenters. The summed E-state index contributed by atoms with van der Waals surface area (Å²) in [6.45, 7) is 10.2. The molecule has 1 aromatic rings. The van der Waals surface area contributed by atoms with E-state index in [1.807, 2.05) is 12.1 Å². The van der Waals surface area contributed by atoms with Crippen LogP contribution in [0.1, 0.15) is 25.5 Å². The maximum Gasteiger partial charge on any atom is 0.115 e. The molecule has 17 heavy (non-hydrogen) atoms. The highest BCUT2D eigenvalue weighted by Gasteiger charge is 2.20. The SMILES string of the molecule is CCN1CCN(C(C)c2ccc(O)cc2)CC1. The fourth-order valence-corrected chi connectivity index (χ4v) is 2.43. The lowest BCUT2D eigenvalue weighted by molar-refractivity contribution is 0.106. The third-order valence-electron chi connectivity index (χ3n) is 3.78. The van der Waals surface area contributed by atoms with Gasteiger partial charge in [-0.3, -0.25) is 4.90 Å². The van der Waals surface area contributed by atoms with Gasteiger partial charge in [0.15, 0.2) is 0 Å². The van der Waals surface area contributed by atoms with E-state index in [-0.39, 0.29) is 0 Å². The first kappa shape index (κ1) is 12.4. The van der Waals surface area contributed by atoms with Crippen molar-refractivity contribution < 1.29 is 5.11 Å². The molecule has 1 N–H and O–H groups in total. The molecule has 3 heteroatoms. The summed E-state index contributed by atoms with van der Waals surface area (Å²) in [4.78, 5) is 5.00. The Morgan fingerprint density at radius 3 is 2.24 bits per heavy atom. The summed E-state index contributed by atoms with van der Waals surface area (Å²) in [7, 11) is 0. The lowest BCUT2D eigenvalue weighted by Gasteiger charge is -2.37. The minimum absolute atomic E-state index is 0.344. The first-order chi connectivity index (χ1) is 8.20. The minimum Gasteiger partial charge on any atom is -0.508 e. The number of piperazine rings is 1. The molecule has 0 spiro atoms. The van der Waals surface area contributed by atoms with E-state index in [9.17, 15) is 5.11 Å². The minimum atomic E-state index is 0.344. The van der Waals surface area contributed by atoms with E-state index in [1.165, 1.54) is 18.7 Å². The molecule has 1 heterocycles. The van der Waals surface area contributed by atoms with Gasteiger partial charge in [0.2, 0.25) is 0 Å². The molecule has 2 rings (SSSR count). The molecular formula is C14H22N2O. The summed E-state index contributed by atoms with van der Waals surface area (Å²) in [5.41, 5.74) is 1.28. The predicted molar refractivity (Wildman–Crippen MR) is 70.2 cm³/mol. The van der Waals surface area contributed by atoms with Crippen molar-refractivity contribution in [1.82, 2.24) is 9.80 Å². The lowest BCUT2D eigenvalue weighted by Crippen LogP contribution is -2.46. The Labute approximate surface area is 104 Å². The second-order valence-corrected chi connectivity index (χ2v) is 4.74. The van der Waals surface area contributed by atoms with E-state index in [0.29, 0.717) is 11.8 Å². The molecule has 1 aromatic carbocycles. The molecule has 1 unspecified atom stereocenters. The van der Waals surface area contributed by atoms with Crippen molar-refractivity contribution in [2.24, 2.45) is 0 Å². The zero-order valence-electron chi connectivity index (χ0n) is 10.8. The number of hydrogen-bond donors (Lipinski definition) is 1. The zero-order chi connectivity index (χ0) is 12.3. The van der Waals surface area contributed by atoms with E-state index in [1.54, 1.807) is 12.1 Å². The Bertz CT molecular complexity index is 342. The second-order valence-electron chi connectivity index (χ2n) is 4.74. The number of phenolic OH excluding ortho intramolecular Hbond substituents is 1. The monoisotopic (exact) mass is 234 g/mol. The summed E-state index contributed by atoms with van der Waals surface area (Å²) in [6.07, 6.45) is 0. The summed E-state index contributed by atoms with van der Waals surface area (Å²) >= 11 is 0. The van der Waals surface area contributed by atoms with Crippen molar-refractivity contribution in [2.75, 3.05) is 32.7 Å². The summed E-state index contributed by atoms with van der Waals surface area (Å²) in [5.74, 6) is 0.344. The summed E-state index contributed by atoms with van der Waals surface area (Å²) < 4.78 is 0. The van der Waals surface area contributed by atoms with Crippen LogP contribution in [0.25, 0.3) is 0 Å². The zero-order valence-corrected chi connectivity index (χ0v) is 10.8. The van der Waals surface area contributed by atoms with Gasteiger partial charge in [-0.2, -0.15) is 0 Å². The molecule has 0 amide bonds. The number of phenols is 1. The van der Waals surface area contributed by atoms with Crippen LogP contribution >= 0.6 is 0 Å². The molecule has 1 fully saturated rings. The quantitative estimate of drug-likeness (QED) is 0.867. The Morgan fingerprint density at radius 2 is 1.71 bits per heavy atom. The van der Waals surface area contributed by atoms with Crippen LogP contribution in [0.2, 0.25) is 0 Å². The molecular weight excluding hydrogens is 212 g/mol. The van der Waals surface area contributed by atoms with E-state index < -0.39 is 0 Å². The standard InChI is InChI=1S/C14H22N2O/c1-3-15-8-10-16(11-9-15)12(2)13-4-6-14(17)7-5-13/h4-7,12,17H,3,8-11H2,1-2H3. The molecule has 0 bridgehead atoms. The van der Waals surface area contributed by atoms with Gasteiger partial charge in [0.1, 0.15) is 5.75 Å². The Balaban J connectivity index is 1.96. The molecule has 1 saturated heterocycles. The molecule has 0 aromatic heterocycles. The van der Waals surface area contributed by atoms with Crippen LogP contribution in [0.3, 0.4) is 0 Å². The molecule has 0 radical (unpaired) electrons. The highest BCUT2D eigenvalue weighted by Crippen LogP contribution is 2.23. The van der Waals surface area contributed by atoms with E-state index >= 15 is 0 Å². The fraction of sp³-hybridized carbons (Fsp3) is 0.571. The third-order valence-corrected chi connectivity index (χ3v) is 3.78. The van der Waals surface area contributed by atoms with Crippen LogP contribution in [0, 0.1) is 0 Å². The molecule has 0 aliphatic carbocycles. The summed E-state index contributed by atoms with van der Waals surface area (Å²) in [6, 6.07) is 8.02. The van der Waals surface area contributed by atoms with Crippen molar-refractivity contribution in [1.29, 1.82) is 0 Å². The third kappa shape index (κ3) is 2.99. The summed E-state index contributed by atoms with van der Waals surface area (Å²) in [5, 5.41) is 9.30. The Kier molecular flexibility index (Phi) is 4.02. The molecule has 94 valence electrons. The van der Waals surface area contributed by atoms with Crippen molar-refractivity contribution in [3.8, 4) is 5.75 Å². The number of rotatable bonds is 3. The van der Waals surface area contributed by atoms with Crippen LogP contribution in [0.4, 0.5) is 0 Å². The van der Waals surface area contributed by atoms with Crippen LogP contribution < -0.4 is 0 Å². The van der Waals surface area contributed by atoms with Gasteiger partial charge in [-0.15, -0.1) is 0 Å². The average molecular weight is 234 g/mol.